The van der Waals surface area contributed by atoms with Gasteiger partial charge >= 0.3 is 0 Å². The van der Waals surface area contributed by atoms with Crippen LogP contribution in [0.4, 0.5) is 0 Å². The second-order valence-corrected chi connectivity index (χ2v) is 8.78. The molecule has 2 fully saturated rings. The fourth-order valence-electron chi connectivity index (χ4n) is 3.97. The summed E-state index contributed by atoms with van der Waals surface area (Å²) in [6.07, 6.45) is 9.86. The lowest BCUT2D eigenvalue weighted by molar-refractivity contribution is -0.0642. The van der Waals surface area contributed by atoms with Gasteiger partial charge in [0.1, 0.15) is 0 Å². The van der Waals surface area contributed by atoms with Crippen LogP contribution in [0.3, 0.4) is 0 Å². The van der Waals surface area contributed by atoms with Crippen LogP contribution in [0, 0.1) is 5.92 Å². The van der Waals surface area contributed by atoms with Crippen LogP contribution in [0.1, 0.15) is 51.4 Å². The molecule has 5 nitrogen and oxygen atoms in total. The average molecular weight is 318 g/mol. The Morgan fingerprint density at radius 3 is 2.52 bits per heavy atom. The Kier molecular flexibility index (Phi) is 5.68. The van der Waals surface area contributed by atoms with E-state index in [1.54, 1.807) is 11.4 Å². The van der Waals surface area contributed by atoms with Crippen LogP contribution in [0.2, 0.25) is 0 Å². The van der Waals surface area contributed by atoms with Crippen molar-refractivity contribution in [3.63, 3.8) is 0 Å². The number of hydrogen-bond acceptors (Lipinski definition) is 4. The van der Waals surface area contributed by atoms with E-state index in [9.17, 15) is 8.42 Å². The Morgan fingerprint density at radius 2 is 1.95 bits per heavy atom. The molecule has 0 aromatic heterocycles. The van der Waals surface area contributed by atoms with Crippen LogP contribution in [0.5, 0.6) is 0 Å². The fourth-order valence-corrected chi connectivity index (χ4v) is 4.91. The highest BCUT2D eigenvalue weighted by molar-refractivity contribution is 7.88. The van der Waals surface area contributed by atoms with Crippen molar-refractivity contribution in [1.82, 2.24) is 4.31 Å². The molecule has 0 radical (unpaired) electrons. The van der Waals surface area contributed by atoms with E-state index in [1.807, 2.05) is 0 Å². The van der Waals surface area contributed by atoms with Crippen molar-refractivity contribution >= 4 is 10.0 Å². The van der Waals surface area contributed by atoms with Gasteiger partial charge in [-0.3, -0.25) is 0 Å². The van der Waals surface area contributed by atoms with Crippen LogP contribution >= 0.6 is 0 Å². The van der Waals surface area contributed by atoms with Crippen LogP contribution in [0.15, 0.2) is 0 Å². The summed E-state index contributed by atoms with van der Waals surface area (Å²) >= 11 is 0. The lowest BCUT2D eigenvalue weighted by atomic mass is 9.76. The van der Waals surface area contributed by atoms with Gasteiger partial charge in [0.2, 0.25) is 10.0 Å². The first-order chi connectivity index (χ1) is 9.87. The van der Waals surface area contributed by atoms with E-state index in [2.05, 4.69) is 0 Å². The van der Waals surface area contributed by atoms with Crippen LogP contribution in [0.25, 0.3) is 0 Å². The Morgan fingerprint density at radius 1 is 1.29 bits per heavy atom. The Hall–Kier alpha value is -0.170. The van der Waals surface area contributed by atoms with Crippen molar-refractivity contribution in [1.29, 1.82) is 0 Å². The van der Waals surface area contributed by atoms with E-state index < -0.39 is 10.0 Å². The summed E-state index contributed by atoms with van der Waals surface area (Å²) in [5.74, 6) is 0.359. The molecule has 1 saturated heterocycles. The zero-order valence-electron chi connectivity index (χ0n) is 13.4. The van der Waals surface area contributed by atoms with Gasteiger partial charge in [-0.05, 0) is 38.0 Å². The summed E-state index contributed by atoms with van der Waals surface area (Å²) in [7, 11) is -1.31. The number of sulfonamides is 1. The molecule has 124 valence electrons. The maximum atomic E-state index is 11.7. The van der Waals surface area contributed by atoms with Crippen molar-refractivity contribution in [2.24, 2.45) is 11.7 Å². The molecule has 1 heterocycles. The fraction of sp³-hybridized carbons (Fsp3) is 1.00. The average Bonchev–Trinajstić information content (AvgIpc) is 2.47. The summed E-state index contributed by atoms with van der Waals surface area (Å²) in [4.78, 5) is 0. The zero-order valence-corrected chi connectivity index (χ0v) is 14.2. The third-order valence-corrected chi connectivity index (χ3v) is 6.59. The summed E-state index contributed by atoms with van der Waals surface area (Å²) in [5, 5.41) is 0. The van der Waals surface area contributed by atoms with E-state index in [0.29, 0.717) is 19.0 Å². The van der Waals surface area contributed by atoms with Crippen LogP contribution in [-0.4, -0.2) is 50.8 Å². The molecule has 2 unspecified atom stereocenters. The minimum Gasteiger partial charge on any atom is -0.377 e. The van der Waals surface area contributed by atoms with E-state index >= 15 is 0 Å². The Balaban J connectivity index is 1.96. The second kappa shape index (κ2) is 6.94. The van der Waals surface area contributed by atoms with Gasteiger partial charge in [0.05, 0.1) is 11.9 Å². The van der Waals surface area contributed by atoms with Gasteiger partial charge in [-0.25, -0.2) is 12.7 Å². The summed E-state index contributed by atoms with van der Waals surface area (Å²) in [5.41, 5.74) is 6.30. The predicted molar refractivity (Wildman–Crippen MR) is 84.6 cm³/mol. The first-order valence-corrected chi connectivity index (χ1v) is 9.98. The van der Waals surface area contributed by atoms with Crippen molar-refractivity contribution in [3.8, 4) is 0 Å². The zero-order chi connectivity index (χ0) is 15.5. The molecule has 6 heteroatoms. The van der Waals surface area contributed by atoms with E-state index in [-0.39, 0.29) is 11.6 Å². The highest BCUT2D eigenvalue weighted by Crippen LogP contribution is 2.36. The minimum absolute atomic E-state index is 0.00677. The molecule has 0 aromatic rings. The van der Waals surface area contributed by atoms with Gasteiger partial charge in [0.25, 0.3) is 0 Å². The molecule has 1 aliphatic carbocycles. The third-order valence-electron chi connectivity index (χ3n) is 5.32. The molecule has 0 aromatic carbocycles. The number of nitrogens with two attached hydrogens (primary N) is 1. The molecule has 0 spiro atoms. The van der Waals surface area contributed by atoms with Crippen LogP contribution in [-0.2, 0) is 14.8 Å². The van der Waals surface area contributed by atoms with Crippen molar-refractivity contribution in [2.45, 2.75) is 63.0 Å². The standard InChI is InChI=1S/C15H30N2O3S/c1-20-15(8-4-3-5-9-15)14(16)11-13-7-6-10-17(12-13)21(2,18)19/h13-14H,3-12,16H2,1-2H3. The SMILES string of the molecule is COC1(C(N)CC2CCCN(S(C)(=O)=O)C2)CCCCC1. The predicted octanol–water partition coefficient (Wildman–Crippen LogP) is 1.72. The van der Waals surface area contributed by atoms with Gasteiger partial charge in [0.15, 0.2) is 0 Å². The summed E-state index contributed by atoms with van der Waals surface area (Å²) in [6, 6.07) is 0.00677. The molecule has 2 atom stereocenters. The number of rotatable bonds is 5. The smallest absolute Gasteiger partial charge is 0.211 e. The molecule has 0 amide bonds. The van der Waals surface area contributed by atoms with Gasteiger partial charge in [-0.2, -0.15) is 0 Å². The molecule has 1 saturated carbocycles. The lowest BCUT2D eigenvalue weighted by Gasteiger charge is -2.43. The second-order valence-electron chi connectivity index (χ2n) is 6.80. The maximum absolute atomic E-state index is 11.7. The number of piperidine rings is 1. The van der Waals surface area contributed by atoms with Crippen molar-refractivity contribution in [2.75, 3.05) is 26.5 Å². The molecule has 2 N–H and O–H groups in total. The molecule has 2 aliphatic rings. The Bertz CT molecular complexity index is 432. The summed E-state index contributed by atoms with van der Waals surface area (Å²) < 4.78 is 30.8. The van der Waals surface area contributed by atoms with Gasteiger partial charge in [0, 0.05) is 26.2 Å². The normalized spacial score (nSPS) is 29.2. The van der Waals surface area contributed by atoms with Gasteiger partial charge < -0.3 is 10.5 Å². The highest BCUT2D eigenvalue weighted by Gasteiger charge is 2.39. The minimum atomic E-state index is -3.08. The number of ether oxygens (including phenoxy) is 1. The number of hydrogen-bond donors (Lipinski definition) is 1. The topological polar surface area (TPSA) is 72.6 Å². The van der Waals surface area contributed by atoms with E-state index in [4.69, 9.17) is 10.5 Å². The lowest BCUT2D eigenvalue weighted by Crippen LogP contribution is -2.52. The number of nitrogens with zero attached hydrogens (tertiary/aromatic N) is 1. The molecule has 21 heavy (non-hydrogen) atoms. The van der Waals surface area contributed by atoms with Gasteiger partial charge in [-0.15, -0.1) is 0 Å². The van der Waals surface area contributed by atoms with Crippen molar-refractivity contribution in [3.05, 3.63) is 0 Å². The van der Waals surface area contributed by atoms with E-state index in [0.717, 1.165) is 32.1 Å². The molecular formula is C15H30N2O3S. The maximum Gasteiger partial charge on any atom is 0.211 e. The Labute approximate surface area is 129 Å². The number of methoxy groups -OCH3 is 1. The molecular weight excluding hydrogens is 288 g/mol. The van der Waals surface area contributed by atoms with E-state index in [1.165, 1.54) is 25.5 Å². The quantitative estimate of drug-likeness (QED) is 0.838. The van der Waals surface area contributed by atoms with Crippen molar-refractivity contribution < 1.29 is 13.2 Å². The molecule has 0 bridgehead atoms. The first kappa shape index (κ1) is 17.2. The summed E-state index contributed by atoms with van der Waals surface area (Å²) in [6.45, 7) is 1.27. The molecule has 1 aliphatic heterocycles. The third kappa shape index (κ3) is 4.18. The monoisotopic (exact) mass is 318 g/mol. The largest absolute Gasteiger partial charge is 0.377 e. The van der Waals surface area contributed by atoms with Crippen LogP contribution < -0.4 is 5.73 Å². The molecule has 2 rings (SSSR count). The van der Waals surface area contributed by atoms with Gasteiger partial charge in [-0.1, -0.05) is 19.3 Å². The first-order valence-electron chi connectivity index (χ1n) is 8.13. The highest BCUT2D eigenvalue weighted by atomic mass is 32.2.